The molecule has 8 nitrogen and oxygen atoms in total. The van der Waals surface area contributed by atoms with Gasteiger partial charge in [-0.1, -0.05) is 19.3 Å². The molecular formula is C20H31N3O5S2. The average molecular weight is 458 g/mol. The molecule has 10 heteroatoms. The fourth-order valence-corrected chi connectivity index (χ4v) is 6.55. The highest BCUT2D eigenvalue weighted by atomic mass is 32.2. The first-order valence-electron chi connectivity index (χ1n) is 10.4. The van der Waals surface area contributed by atoms with Gasteiger partial charge in [-0.05, 0) is 49.9 Å². The van der Waals surface area contributed by atoms with Crippen LogP contribution in [0.5, 0.6) is 0 Å². The second-order valence-electron chi connectivity index (χ2n) is 8.29. The zero-order chi connectivity index (χ0) is 21.9. The lowest BCUT2D eigenvalue weighted by atomic mass is 9.96. The third kappa shape index (κ3) is 5.40. The summed E-state index contributed by atoms with van der Waals surface area (Å²) in [6.45, 7) is 0.604. The van der Waals surface area contributed by atoms with Gasteiger partial charge in [0.15, 0.2) is 0 Å². The molecule has 1 aliphatic carbocycles. The lowest BCUT2D eigenvalue weighted by molar-refractivity contribution is -0.120. The molecule has 2 aliphatic rings. The van der Waals surface area contributed by atoms with E-state index in [-0.39, 0.29) is 23.4 Å². The number of carbonyl (C=O) groups is 1. The zero-order valence-corrected chi connectivity index (χ0v) is 19.2. The summed E-state index contributed by atoms with van der Waals surface area (Å²) in [4.78, 5) is 12.8. The van der Waals surface area contributed by atoms with E-state index < -0.39 is 26.0 Å². The molecule has 1 aromatic rings. The summed E-state index contributed by atoms with van der Waals surface area (Å²) in [5.74, 6) is -0.674. The highest BCUT2D eigenvalue weighted by Crippen LogP contribution is 2.27. The van der Waals surface area contributed by atoms with Gasteiger partial charge in [0.1, 0.15) is 0 Å². The summed E-state index contributed by atoms with van der Waals surface area (Å²) in [6.07, 6.45) is 7.43. The molecule has 1 saturated heterocycles. The molecule has 1 amide bonds. The molecule has 3 rings (SSSR count). The Balaban J connectivity index is 1.64. The lowest BCUT2D eigenvalue weighted by Crippen LogP contribution is -2.43. The Kier molecular flexibility index (Phi) is 7.21. The standard InChI is InChI=1S/C20H31N3O5S2/c1-22(18-8-4-3-5-9-18)30(27,28)19-12-10-17(11-13-19)21-20(24)16-7-6-14-23(15-16)29(2,25)26/h10-13,16,18H,3-9,14-15H2,1-2H3,(H,21,24). The maximum absolute atomic E-state index is 12.9. The number of hydrogen-bond acceptors (Lipinski definition) is 5. The van der Waals surface area contributed by atoms with Crippen LogP contribution >= 0.6 is 0 Å². The molecule has 1 N–H and O–H groups in total. The van der Waals surface area contributed by atoms with Crippen LogP contribution in [0.25, 0.3) is 0 Å². The van der Waals surface area contributed by atoms with E-state index in [0.29, 0.717) is 25.1 Å². The highest BCUT2D eigenvalue weighted by Gasteiger charge is 2.31. The van der Waals surface area contributed by atoms with E-state index in [1.165, 1.54) is 20.7 Å². The van der Waals surface area contributed by atoms with Gasteiger partial charge in [-0.25, -0.2) is 21.1 Å². The van der Waals surface area contributed by atoms with Gasteiger partial charge in [-0.3, -0.25) is 4.79 Å². The number of sulfonamides is 2. The maximum Gasteiger partial charge on any atom is 0.243 e. The molecule has 0 bridgehead atoms. The van der Waals surface area contributed by atoms with Crippen molar-refractivity contribution in [3.8, 4) is 0 Å². The number of carbonyl (C=O) groups excluding carboxylic acids is 1. The van der Waals surface area contributed by atoms with Crippen LogP contribution in [-0.2, 0) is 24.8 Å². The Bertz CT molecular complexity index is 955. The van der Waals surface area contributed by atoms with Crippen LogP contribution in [0.15, 0.2) is 29.2 Å². The molecule has 0 spiro atoms. The first kappa shape index (κ1) is 23.2. The van der Waals surface area contributed by atoms with E-state index >= 15 is 0 Å². The predicted molar refractivity (Wildman–Crippen MR) is 116 cm³/mol. The van der Waals surface area contributed by atoms with E-state index in [4.69, 9.17) is 0 Å². The first-order valence-corrected chi connectivity index (χ1v) is 13.7. The number of piperidine rings is 1. The lowest BCUT2D eigenvalue weighted by Gasteiger charge is -2.30. The van der Waals surface area contributed by atoms with Crippen LogP contribution in [0.1, 0.15) is 44.9 Å². The minimum Gasteiger partial charge on any atom is -0.326 e. The topological polar surface area (TPSA) is 104 Å². The Morgan fingerprint density at radius 2 is 1.63 bits per heavy atom. The molecule has 0 radical (unpaired) electrons. The van der Waals surface area contributed by atoms with E-state index in [0.717, 1.165) is 38.4 Å². The van der Waals surface area contributed by atoms with Crippen molar-refractivity contribution in [2.75, 3.05) is 31.7 Å². The molecule has 0 aromatic heterocycles. The fourth-order valence-electron chi connectivity index (χ4n) is 4.22. The van der Waals surface area contributed by atoms with Crippen LogP contribution in [0.4, 0.5) is 5.69 Å². The van der Waals surface area contributed by atoms with Gasteiger partial charge in [0.05, 0.1) is 17.1 Å². The summed E-state index contributed by atoms with van der Waals surface area (Å²) in [5, 5.41) is 2.79. The van der Waals surface area contributed by atoms with Gasteiger partial charge in [-0.15, -0.1) is 0 Å². The number of nitrogens with one attached hydrogen (secondary N) is 1. The number of hydrogen-bond donors (Lipinski definition) is 1. The SMILES string of the molecule is CN(C1CCCCC1)S(=O)(=O)c1ccc(NC(=O)C2CCCN(S(C)(=O)=O)C2)cc1. The van der Waals surface area contributed by atoms with Gasteiger partial charge in [0.25, 0.3) is 0 Å². The first-order chi connectivity index (χ1) is 14.1. The molecule has 1 atom stereocenters. The summed E-state index contributed by atoms with van der Waals surface area (Å²) in [7, 11) is -5.27. The predicted octanol–water partition coefficient (Wildman–Crippen LogP) is 2.25. The minimum atomic E-state index is -3.58. The largest absolute Gasteiger partial charge is 0.326 e. The number of benzene rings is 1. The Labute approximate surface area is 179 Å². The van der Waals surface area contributed by atoms with Crippen molar-refractivity contribution in [2.24, 2.45) is 5.92 Å². The Morgan fingerprint density at radius 1 is 1.00 bits per heavy atom. The van der Waals surface area contributed by atoms with Crippen LogP contribution in [0.3, 0.4) is 0 Å². The molecule has 1 unspecified atom stereocenters. The van der Waals surface area contributed by atoms with Crippen molar-refractivity contribution in [1.82, 2.24) is 8.61 Å². The van der Waals surface area contributed by atoms with E-state index in [9.17, 15) is 21.6 Å². The molecule has 2 fully saturated rings. The molecule has 1 aliphatic heterocycles. The molecule has 30 heavy (non-hydrogen) atoms. The highest BCUT2D eigenvalue weighted by molar-refractivity contribution is 7.89. The number of rotatable bonds is 6. The third-order valence-corrected chi connectivity index (χ3v) is 9.31. The molecule has 1 heterocycles. The number of amides is 1. The van der Waals surface area contributed by atoms with Gasteiger partial charge < -0.3 is 5.32 Å². The maximum atomic E-state index is 12.9. The normalized spacial score (nSPS) is 22.2. The van der Waals surface area contributed by atoms with Crippen molar-refractivity contribution in [3.05, 3.63) is 24.3 Å². The minimum absolute atomic E-state index is 0.0345. The third-order valence-electron chi connectivity index (χ3n) is 6.11. The van der Waals surface area contributed by atoms with Crippen molar-refractivity contribution in [3.63, 3.8) is 0 Å². The molecule has 1 aromatic carbocycles. The van der Waals surface area contributed by atoms with Crippen molar-refractivity contribution in [1.29, 1.82) is 0 Å². The summed E-state index contributed by atoms with van der Waals surface area (Å²) in [5.41, 5.74) is 0.496. The van der Waals surface area contributed by atoms with Crippen LogP contribution < -0.4 is 5.32 Å². The monoisotopic (exact) mass is 457 g/mol. The molecular weight excluding hydrogens is 426 g/mol. The smallest absolute Gasteiger partial charge is 0.243 e. The van der Waals surface area contributed by atoms with Crippen molar-refractivity contribution < 1.29 is 21.6 Å². The van der Waals surface area contributed by atoms with Crippen molar-refractivity contribution in [2.45, 2.75) is 55.9 Å². The quantitative estimate of drug-likeness (QED) is 0.706. The van der Waals surface area contributed by atoms with Gasteiger partial charge in [0, 0.05) is 31.9 Å². The van der Waals surface area contributed by atoms with Gasteiger partial charge >= 0.3 is 0 Å². The zero-order valence-electron chi connectivity index (χ0n) is 17.6. The van der Waals surface area contributed by atoms with Crippen LogP contribution in [-0.4, -0.2) is 63.8 Å². The second kappa shape index (κ2) is 9.33. The van der Waals surface area contributed by atoms with Crippen LogP contribution in [0, 0.1) is 5.92 Å². The van der Waals surface area contributed by atoms with E-state index in [2.05, 4.69) is 5.32 Å². The average Bonchev–Trinajstić information content (AvgIpc) is 2.73. The number of anilines is 1. The van der Waals surface area contributed by atoms with Gasteiger partial charge in [-0.2, -0.15) is 4.31 Å². The summed E-state index contributed by atoms with van der Waals surface area (Å²) >= 11 is 0. The van der Waals surface area contributed by atoms with Crippen LogP contribution in [0.2, 0.25) is 0 Å². The Morgan fingerprint density at radius 3 is 2.23 bits per heavy atom. The van der Waals surface area contributed by atoms with E-state index in [1.807, 2.05) is 0 Å². The van der Waals surface area contributed by atoms with E-state index in [1.54, 1.807) is 19.2 Å². The second-order valence-corrected chi connectivity index (χ2v) is 12.3. The molecule has 168 valence electrons. The van der Waals surface area contributed by atoms with Crippen molar-refractivity contribution >= 4 is 31.6 Å². The fraction of sp³-hybridized carbons (Fsp3) is 0.650. The molecule has 1 saturated carbocycles. The number of nitrogens with zero attached hydrogens (tertiary/aromatic N) is 2. The summed E-state index contributed by atoms with van der Waals surface area (Å²) < 4.78 is 52.1. The Hall–Kier alpha value is -1.49. The summed E-state index contributed by atoms with van der Waals surface area (Å²) in [6, 6.07) is 6.21. The van der Waals surface area contributed by atoms with Gasteiger partial charge in [0.2, 0.25) is 26.0 Å².